The SMILES string of the molecule is CCn1cc(C(=O)N2CCO[C@@H](c3ncc(C)[nH]3)C2)cn1. The van der Waals surface area contributed by atoms with Crippen molar-refractivity contribution in [2.75, 3.05) is 19.7 Å². The number of aromatic nitrogens is 4. The molecule has 0 aliphatic carbocycles. The van der Waals surface area contributed by atoms with Gasteiger partial charge in [0.05, 0.1) is 24.9 Å². The molecule has 2 aromatic heterocycles. The fourth-order valence-corrected chi connectivity index (χ4v) is 2.43. The number of carbonyl (C=O) groups excluding carboxylic acids is 1. The Morgan fingerprint density at radius 2 is 2.38 bits per heavy atom. The monoisotopic (exact) mass is 289 g/mol. The lowest BCUT2D eigenvalue weighted by Crippen LogP contribution is -2.42. The van der Waals surface area contributed by atoms with Crippen molar-refractivity contribution in [2.24, 2.45) is 0 Å². The minimum Gasteiger partial charge on any atom is -0.367 e. The summed E-state index contributed by atoms with van der Waals surface area (Å²) in [5, 5.41) is 4.15. The van der Waals surface area contributed by atoms with Crippen molar-refractivity contribution in [3.63, 3.8) is 0 Å². The lowest BCUT2D eigenvalue weighted by Gasteiger charge is -2.31. The van der Waals surface area contributed by atoms with Crippen molar-refractivity contribution in [2.45, 2.75) is 26.5 Å². The van der Waals surface area contributed by atoms with Gasteiger partial charge in [0.15, 0.2) is 0 Å². The first-order chi connectivity index (χ1) is 10.2. The second-order valence-electron chi connectivity index (χ2n) is 5.15. The Kier molecular flexibility index (Phi) is 3.74. The summed E-state index contributed by atoms with van der Waals surface area (Å²) in [6.45, 7) is 6.30. The number of H-pyrrole nitrogens is 1. The van der Waals surface area contributed by atoms with E-state index in [1.54, 1.807) is 28.2 Å². The summed E-state index contributed by atoms with van der Waals surface area (Å²) in [4.78, 5) is 21.7. The predicted molar refractivity (Wildman–Crippen MR) is 75.8 cm³/mol. The molecule has 1 aliphatic rings. The molecule has 7 nitrogen and oxygen atoms in total. The molecule has 1 N–H and O–H groups in total. The Bertz CT molecular complexity index is 633. The van der Waals surface area contributed by atoms with Gasteiger partial charge in [0.25, 0.3) is 5.91 Å². The van der Waals surface area contributed by atoms with Crippen LogP contribution in [0.4, 0.5) is 0 Å². The van der Waals surface area contributed by atoms with Crippen molar-refractivity contribution in [3.05, 3.63) is 35.7 Å². The Morgan fingerprint density at radius 3 is 3.05 bits per heavy atom. The number of hydrogen-bond acceptors (Lipinski definition) is 4. The van der Waals surface area contributed by atoms with Crippen molar-refractivity contribution in [1.82, 2.24) is 24.6 Å². The molecule has 112 valence electrons. The number of nitrogens with zero attached hydrogens (tertiary/aromatic N) is 4. The van der Waals surface area contributed by atoms with Gasteiger partial charge in [-0.15, -0.1) is 0 Å². The summed E-state index contributed by atoms with van der Waals surface area (Å²) < 4.78 is 7.46. The van der Waals surface area contributed by atoms with Crippen LogP contribution < -0.4 is 0 Å². The molecule has 0 aromatic carbocycles. The molecule has 1 aliphatic heterocycles. The second-order valence-corrected chi connectivity index (χ2v) is 5.15. The van der Waals surface area contributed by atoms with Crippen molar-refractivity contribution in [3.8, 4) is 0 Å². The van der Waals surface area contributed by atoms with E-state index in [1.807, 2.05) is 13.8 Å². The van der Waals surface area contributed by atoms with E-state index < -0.39 is 0 Å². The molecule has 1 amide bonds. The van der Waals surface area contributed by atoms with E-state index in [2.05, 4.69) is 15.1 Å². The highest BCUT2D eigenvalue weighted by Crippen LogP contribution is 2.21. The summed E-state index contributed by atoms with van der Waals surface area (Å²) in [6.07, 6.45) is 4.97. The van der Waals surface area contributed by atoms with Crippen LogP contribution in [0.5, 0.6) is 0 Å². The maximum atomic E-state index is 12.5. The average molecular weight is 289 g/mol. The molecule has 0 unspecified atom stereocenters. The lowest BCUT2D eigenvalue weighted by molar-refractivity contribution is -0.0264. The fraction of sp³-hybridized carbons (Fsp3) is 0.500. The molecule has 2 aromatic rings. The van der Waals surface area contributed by atoms with Gasteiger partial charge in [-0.3, -0.25) is 9.48 Å². The number of nitrogens with one attached hydrogen (secondary N) is 1. The number of amides is 1. The van der Waals surface area contributed by atoms with Crippen molar-refractivity contribution >= 4 is 5.91 Å². The first-order valence-corrected chi connectivity index (χ1v) is 7.12. The number of ether oxygens (including phenoxy) is 1. The van der Waals surface area contributed by atoms with Crippen LogP contribution in [-0.4, -0.2) is 50.3 Å². The van der Waals surface area contributed by atoms with E-state index >= 15 is 0 Å². The zero-order valence-corrected chi connectivity index (χ0v) is 12.2. The quantitative estimate of drug-likeness (QED) is 0.919. The summed E-state index contributed by atoms with van der Waals surface area (Å²) in [5.41, 5.74) is 1.61. The van der Waals surface area contributed by atoms with Crippen LogP contribution in [0.3, 0.4) is 0 Å². The molecule has 1 saturated heterocycles. The zero-order valence-electron chi connectivity index (χ0n) is 12.2. The van der Waals surface area contributed by atoms with E-state index in [1.165, 1.54) is 0 Å². The van der Waals surface area contributed by atoms with Crippen LogP contribution in [0.15, 0.2) is 18.6 Å². The van der Waals surface area contributed by atoms with Gasteiger partial charge in [0.1, 0.15) is 11.9 Å². The molecule has 0 spiro atoms. The molecule has 3 rings (SSSR count). The number of carbonyl (C=O) groups is 1. The number of aryl methyl sites for hydroxylation is 2. The number of hydrogen-bond donors (Lipinski definition) is 1. The highest BCUT2D eigenvalue weighted by Gasteiger charge is 2.28. The number of aromatic amines is 1. The highest BCUT2D eigenvalue weighted by atomic mass is 16.5. The smallest absolute Gasteiger partial charge is 0.257 e. The van der Waals surface area contributed by atoms with E-state index in [-0.39, 0.29) is 12.0 Å². The molecule has 3 heterocycles. The van der Waals surface area contributed by atoms with Gasteiger partial charge >= 0.3 is 0 Å². The average Bonchev–Trinajstić information content (AvgIpc) is 3.15. The number of rotatable bonds is 3. The molecule has 0 saturated carbocycles. The standard InChI is InChI=1S/C14H19N5O2/c1-3-19-8-11(7-16-19)14(20)18-4-5-21-12(9-18)13-15-6-10(2)17-13/h6-8,12H,3-5,9H2,1-2H3,(H,15,17)/t12-/m1/s1. The Balaban J connectivity index is 1.72. The minimum atomic E-state index is -0.197. The number of morpholine rings is 1. The van der Waals surface area contributed by atoms with E-state index in [9.17, 15) is 4.79 Å². The van der Waals surface area contributed by atoms with Gasteiger partial charge in [-0.25, -0.2) is 4.98 Å². The molecule has 0 radical (unpaired) electrons. The summed E-state index contributed by atoms with van der Waals surface area (Å²) in [6, 6.07) is 0. The van der Waals surface area contributed by atoms with Gasteiger partial charge in [-0.2, -0.15) is 5.10 Å². The van der Waals surface area contributed by atoms with Gasteiger partial charge in [-0.05, 0) is 13.8 Å². The minimum absolute atomic E-state index is 0.00808. The Labute approximate surface area is 122 Å². The maximum absolute atomic E-state index is 12.5. The van der Waals surface area contributed by atoms with Crippen molar-refractivity contribution < 1.29 is 9.53 Å². The van der Waals surface area contributed by atoms with Crippen LogP contribution >= 0.6 is 0 Å². The van der Waals surface area contributed by atoms with Gasteiger partial charge in [0, 0.05) is 31.2 Å². The fourth-order valence-electron chi connectivity index (χ4n) is 2.43. The third-order valence-corrected chi connectivity index (χ3v) is 3.59. The van der Waals surface area contributed by atoms with Crippen molar-refractivity contribution in [1.29, 1.82) is 0 Å². The van der Waals surface area contributed by atoms with Crippen LogP contribution in [-0.2, 0) is 11.3 Å². The topological polar surface area (TPSA) is 76.0 Å². The number of imidazole rings is 1. The zero-order chi connectivity index (χ0) is 14.8. The predicted octanol–water partition coefficient (Wildman–Crippen LogP) is 1.15. The first-order valence-electron chi connectivity index (χ1n) is 7.12. The van der Waals surface area contributed by atoms with Crippen LogP contribution in [0.25, 0.3) is 0 Å². The molecular weight excluding hydrogens is 270 g/mol. The third-order valence-electron chi connectivity index (χ3n) is 3.59. The van der Waals surface area contributed by atoms with Crippen LogP contribution in [0.2, 0.25) is 0 Å². The van der Waals surface area contributed by atoms with Crippen LogP contribution in [0, 0.1) is 6.92 Å². The first kappa shape index (κ1) is 13.8. The van der Waals surface area contributed by atoms with Gasteiger partial charge in [0.2, 0.25) is 0 Å². The summed E-state index contributed by atoms with van der Waals surface area (Å²) in [7, 11) is 0. The Hall–Kier alpha value is -2.15. The molecule has 1 atom stereocenters. The van der Waals surface area contributed by atoms with Gasteiger partial charge < -0.3 is 14.6 Å². The molecule has 1 fully saturated rings. The van der Waals surface area contributed by atoms with E-state index in [4.69, 9.17) is 4.74 Å². The second kappa shape index (κ2) is 5.69. The summed E-state index contributed by atoms with van der Waals surface area (Å²) in [5.74, 6) is 0.764. The highest BCUT2D eigenvalue weighted by molar-refractivity contribution is 5.93. The molecule has 0 bridgehead atoms. The lowest BCUT2D eigenvalue weighted by atomic mass is 10.2. The van der Waals surface area contributed by atoms with E-state index in [0.717, 1.165) is 18.1 Å². The van der Waals surface area contributed by atoms with E-state index in [0.29, 0.717) is 25.3 Å². The Morgan fingerprint density at radius 1 is 1.52 bits per heavy atom. The normalized spacial score (nSPS) is 19.0. The molecule has 7 heteroatoms. The largest absolute Gasteiger partial charge is 0.367 e. The molecule has 21 heavy (non-hydrogen) atoms. The van der Waals surface area contributed by atoms with Crippen LogP contribution in [0.1, 0.15) is 34.9 Å². The third kappa shape index (κ3) is 2.82. The maximum Gasteiger partial charge on any atom is 0.257 e. The molecular formula is C14H19N5O2. The van der Waals surface area contributed by atoms with Gasteiger partial charge in [-0.1, -0.05) is 0 Å². The summed E-state index contributed by atoms with van der Waals surface area (Å²) >= 11 is 0.